The van der Waals surface area contributed by atoms with Crippen LogP contribution in [0.2, 0.25) is 0 Å². The fourth-order valence-electron chi connectivity index (χ4n) is 3.90. The first-order chi connectivity index (χ1) is 15.8. The Labute approximate surface area is 186 Å². The van der Waals surface area contributed by atoms with Crippen molar-refractivity contribution >= 4 is 11.7 Å². The summed E-state index contributed by atoms with van der Waals surface area (Å²) < 4.78 is 1.73. The normalized spacial score (nSPS) is 13.3. The average molecular weight is 425 g/mol. The lowest BCUT2D eigenvalue weighted by molar-refractivity contribution is 0.0951. The van der Waals surface area contributed by atoms with E-state index >= 15 is 0 Å². The lowest BCUT2D eigenvalue weighted by Crippen LogP contribution is -2.23. The summed E-state index contributed by atoms with van der Waals surface area (Å²) in [5.74, 6) is 0.815. The van der Waals surface area contributed by atoms with Gasteiger partial charge in [0.25, 0.3) is 5.91 Å². The van der Waals surface area contributed by atoms with Gasteiger partial charge in [0.2, 0.25) is 0 Å². The maximum absolute atomic E-state index is 13.1. The Morgan fingerprint density at radius 1 is 0.969 bits per heavy atom. The predicted octanol–water partition coefficient (Wildman–Crippen LogP) is 3.86. The third-order valence-corrected chi connectivity index (χ3v) is 5.61. The maximum Gasteiger partial charge on any atom is 0.255 e. The number of hydrogen-bond donors (Lipinski definition) is 1. The van der Waals surface area contributed by atoms with E-state index in [9.17, 15) is 4.79 Å². The molecule has 4 aromatic rings. The minimum atomic E-state index is -0.186. The number of para-hydroxylation sites is 1. The lowest BCUT2D eigenvalue weighted by Gasteiger charge is -2.16. The number of hydrogen-bond acceptors (Lipinski definition) is 5. The lowest BCUT2D eigenvalue weighted by atomic mass is 10.1. The molecule has 0 aliphatic carbocycles. The minimum Gasteiger partial charge on any atom is -0.357 e. The summed E-state index contributed by atoms with van der Waals surface area (Å²) in [7, 11) is 0. The SMILES string of the molecule is O=C(NCc1ccc(N2CCCC2)nc1)c1cn(-c2ccccc2)nc1-c1cccnc1. The monoisotopic (exact) mass is 424 g/mol. The van der Waals surface area contributed by atoms with Crippen LogP contribution in [-0.4, -0.2) is 38.7 Å². The molecule has 1 N–H and O–H groups in total. The molecule has 1 fully saturated rings. The zero-order valence-electron chi connectivity index (χ0n) is 17.7. The topological polar surface area (TPSA) is 75.9 Å². The first-order valence-electron chi connectivity index (χ1n) is 10.8. The zero-order valence-corrected chi connectivity index (χ0v) is 17.7. The van der Waals surface area contributed by atoms with E-state index in [1.165, 1.54) is 12.8 Å². The van der Waals surface area contributed by atoms with E-state index in [0.717, 1.165) is 35.7 Å². The molecule has 1 amide bonds. The van der Waals surface area contributed by atoms with Crippen LogP contribution in [0.3, 0.4) is 0 Å². The quantitative estimate of drug-likeness (QED) is 0.509. The average Bonchev–Trinajstić information content (AvgIpc) is 3.55. The highest BCUT2D eigenvalue weighted by Crippen LogP contribution is 2.23. The maximum atomic E-state index is 13.1. The van der Waals surface area contributed by atoms with Crippen molar-refractivity contribution in [1.29, 1.82) is 0 Å². The van der Waals surface area contributed by atoms with Crippen LogP contribution in [-0.2, 0) is 6.54 Å². The van der Waals surface area contributed by atoms with E-state index in [4.69, 9.17) is 0 Å². The van der Waals surface area contributed by atoms with Gasteiger partial charge < -0.3 is 10.2 Å². The molecule has 0 atom stereocenters. The largest absolute Gasteiger partial charge is 0.357 e. The molecule has 0 saturated carbocycles. The van der Waals surface area contributed by atoms with Gasteiger partial charge in [-0.3, -0.25) is 9.78 Å². The van der Waals surface area contributed by atoms with E-state index < -0.39 is 0 Å². The molecule has 1 saturated heterocycles. The second-order valence-electron chi connectivity index (χ2n) is 7.81. The van der Waals surface area contributed by atoms with Gasteiger partial charge in [0, 0.05) is 50.0 Å². The summed E-state index contributed by atoms with van der Waals surface area (Å²) in [4.78, 5) is 24.2. The first kappa shape index (κ1) is 19.9. The number of rotatable bonds is 6. The van der Waals surface area contributed by atoms with E-state index in [1.54, 1.807) is 23.3 Å². The Balaban J connectivity index is 1.36. The third-order valence-electron chi connectivity index (χ3n) is 5.61. The van der Waals surface area contributed by atoms with Crippen LogP contribution in [0.4, 0.5) is 5.82 Å². The fourth-order valence-corrected chi connectivity index (χ4v) is 3.90. The molecule has 0 radical (unpaired) electrons. The summed E-state index contributed by atoms with van der Waals surface area (Å²) in [5, 5.41) is 7.69. The van der Waals surface area contributed by atoms with Crippen LogP contribution >= 0.6 is 0 Å². The molecule has 0 bridgehead atoms. The number of carbonyl (C=O) groups is 1. The first-order valence-corrected chi connectivity index (χ1v) is 10.8. The predicted molar refractivity (Wildman–Crippen MR) is 124 cm³/mol. The highest BCUT2D eigenvalue weighted by molar-refractivity contribution is 5.99. The van der Waals surface area contributed by atoms with Crippen molar-refractivity contribution in [3.05, 3.63) is 90.5 Å². The number of anilines is 1. The molecular formula is C25H24N6O. The Kier molecular flexibility index (Phi) is 5.61. The molecule has 5 rings (SSSR count). The van der Waals surface area contributed by atoms with Gasteiger partial charge in [0.05, 0.1) is 11.3 Å². The Hall–Kier alpha value is -4.00. The summed E-state index contributed by atoms with van der Waals surface area (Å²) in [6.07, 6.45) is 9.46. The Morgan fingerprint density at radius 3 is 2.53 bits per heavy atom. The molecule has 3 aromatic heterocycles. The van der Waals surface area contributed by atoms with Crippen molar-refractivity contribution in [2.24, 2.45) is 0 Å². The minimum absolute atomic E-state index is 0.186. The molecule has 0 spiro atoms. The molecule has 1 aromatic carbocycles. The highest BCUT2D eigenvalue weighted by Gasteiger charge is 2.19. The smallest absolute Gasteiger partial charge is 0.255 e. The summed E-state index contributed by atoms with van der Waals surface area (Å²) in [5.41, 5.74) is 3.74. The number of aromatic nitrogens is 4. The van der Waals surface area contributed by atoms with Crippen molar-refractivity contribution in [1.82, 2.24) is 25.1 Å². The number of nitrogens with zero attached hydrogens (tertiary/aromatic N) is 5. The molecule has 1 aliphatic heterocycles. The van der Waals surface area contributed by atoms with Gasteiger partial charge >= 0.3 is 0 Å². The van der Waals surface area contributed by atoms with Crippen LogP contribution in [0, 0.1) is 0 Å². The summed E-state index contributed by atoms with van der Waals surface area (Å²) in [6.45, 7) is 2.52. The van der Waals surface area contributed by atoms with Gasteiger partial charge in [0.15, 0.2) is 0 Å². The van der Waals surface area contributed by atoms with Gasteiger partial charge in [-0.2, -0.15) is 5.10 Å². The molecule has 0 unspecified atom stereocenters. The Bertz CT molecular complexity index is 1180. The van der Waals surface area contributed by atoms with Crippen LogP contribution in [0.1, 0.15) is 28.8 Å². The van der Waals surface area contributed by atoms with Crippen LogP contribution in [0.5, 0.6) is 0 Å². The van der Waals surface area contributed by atoms with E-state index in [1.807, 2.05) is 60.8 Å². The van der Waals surface area contributed by atoms with Gasteiger partial charge in [0.1, 0.15) is 11.5 Å². The van der Waals surface area contributed by atoms with Crippen molar-refractivity contribution in [3.8, 4) is 16.9 Å². The van der Waals surface area contributed by atoms with Crippen molar-refractivity contribution in [2.75, 3.05) is 18.0 Å². The van der Waals surface area contributed by atoms with Gasteiger partial charge in [-0.05, 0) is 48.7 Å². The molecule has 7 nitrogen and oxygen atoms in total. The van der Waals surface area contributed by atoms with Crippen LogP contribution in [0.15, 0.2) is 79.4 Å². The molecule has 4 heterocycles. The van der Waals surface area contributed by atoms with E-state index in [-0.39, 0.29) is 5.91 Å². The van der Waals surface area contributed by atoms with Crippen LogP contribution < -0.4 is 10.2 Å². The summed E-state index contributed by atoms with van der Waals surface area (Å²) >= 11 is 0. The number of benzene rings is 1. The fraction of sp³-hybridized carbons (Fsp3) is 0.200. The van der Waals surface area contributed by atoms with Gasteiger partial charge in [-0.1, -0.05) is 24.3 Å². The zero-order chi connectivity index (χ0) is 21.8. The van der Waals surface area contributed by atoms with Crippen molar-refractivity contribution in [2.45, 2.75) is 19.4 Å². The van der Waals surface area contributed by atoms with Gasteiger partial charge in [-0.25, -0.2) is 9.67 Å². The highest BCUT2D eigenvalue weighted by atomic mass is 16.1. The molecule has 1 aliphatic rings. The molecular weight excluding hydrogens is 400 g/mol. The second-order valence-corrected chi connectivity index (χ2v) is 7.81. The van der Waals surface area contributed by atoms with E-state index in [2.05, 4.69) is 25.3 Å². The third kappa shape index (κ3) is 4.23. The number of amides is 1. The number of nitrogens with one attached hydrogen (secondary N) is 1. The number of carbonyl (C=O) groups excluding carboxylic acids is 1. The van der Waals surface area contributed by atoms with Crippen molar-refractivity contribution in [3.63, 3.8) is 0 Å². The number of pyridine rings is 2. The standard InChI is InChI=1S/C25H24N6O/c32-25(28-16-19-10-11-23(27-15-19)30-13-4-5-14-30)22-18-31(21-8-2-1-3-9-21)29-24(22)20-7-6-12-26-17-20/h1-3,6-12,15,17-18H,4-5,13-14,16H2,(H,28,32). The van der Waals surface area contributed by atoms with Crippen LogP contribution in [0.25, 0.3) is 16.9 Å². The Morgan fingerprint density at radius 2 is 1.81 bits per heavy atom. The molecule has 32 heavy (non-hydrogen) atoms. The van der Waals surface area contributed by atoms with Gasteiger partial charge in [-0.15, -0.1) is 0 Å². The van der Waals surface area contributed by atoms with Crippen molar-refractivity contribution < 1.29 is 4.79 Å². The molecule has 7 heteroatoms. The summed E-state index contributed by atoms with van der Waals surface area (Å²) in [6, 6.07) is 17.5. The van der Waals surface area contributed by atoms with E-state index in [0.29, 0.717) is 17.8 Å². The molecule has 160 valence electrons. The second kappa shape index (κ2) is 9.01.